The van der Waals surface area contributed by atoms with E-state index in [0.29, 0.717) is 6.42 Å². The number of hydrogen-bond donors (Lipinski definition) is 0. The first kappa shape index (κ1) is 11.3. The van der Waals surface area contributed by atoms with Crippen LogP contribution in [-0.4, -0.2) is 18.1 Å². The highest BCUT2D eigenvalue weighted by molar-refractivity contribution is 5.83. The smallest absolute Gasteiger partial charge is 0.330 e. The third-order valence-corrected chi connectivity index (χ3v) is 2.51. The number of nitrogens with zero attached hydrogens (tertiary/aromatic N) is 1. The number of aromatic nitrogens is 1. The molecule has 0 saturated heterocycles. The van der Waals surface area contributed by atoms with Gasteiger partial charge in [-0.1, -0.05) is 18.2 Å². The quantitative estimate of drug-likeness (QED) is 0.597. The molecule has 2 rings (SSSR count). The molecule has 3 nitrogen and oxygen atoms in total. The van der Waals surface area contributed by atoms with Crippen molar-refractivity contribution in [1.82, 2.24) is 4.98 Å². The molecule has 1 aromatic heterocycles. The summed E-state index contributed by atoms with van der Waals surface area (Å²) in [5.41, 5.74) is 1.14. The summed E-state index contributed by atoms with van der Waals surface area (Å²) >= 11 is 0. The largest absolute Gasteiger partial charge is 0.466 e. The lowest BCUT2D eigenvalue weighted by atomic mass is 10.1. The van der Waals surface area contributed by atoms with Crippen molar-refractivity contribution in [3.05, 3.63) is 54.4 Å². The Morgan fingerprint density at radius 1 is 1.35 bits per heavy atom. The van der Waals surface area contributed by atoms with E-state index in [1.165, 1.54) is 18.6 Å². The Labute approximate surface area is 99.7 Å². The van der Waals surface area contributed by atoms with Gasteiger partial charge in [-0.3, -0.25) is 4.98 Å². The fourth-order valence-electron chi connectivity index (χ4n) is 1.62. The molecule has 0 aliphatic rings. The Bertz CT molecular complexity index is 561. The summed E-state index contributed by atoms with van der Waals surface area (Å²) in [4.78, 5) is 15.0. The van der Waals surface area contributed by atoms with Gasteiger partial charge in [0, 0.05) is 23.9 Å². The first-order valence-electron chi connectivity index (χ1n) is 5.37. The van der Waals surface area contributed by atoms with Gasteiger partial charge in [-0.2, -0.15) is 0 Å². The lowest BCUT2D eigenvalue weighted by Gasteiger charge is -2.00. The van der Waals surface area contributed by atoms with Gasteiger partial charge >= 0.3 is 5.97 Å². The molecule has 0 amide bonds. The van der Waals surface area contributed by atoms with Gasteiger partial charge < -0.3 is 4.74 Å². The summed E-state index contributed by atoms with van der Waals surface area (Å²) < 4.78 is 4.52. The molecule has 0 bridgehead atoms. The van der Waals surface area contributed by atoms with E-state index in [0.717, 1.165) is 10.9 Å². The van der Waals surface area contributed by atoms with E-state index in [1.807, 2.05) is 18.3 Å². The molecule has 17 heavy (non-hydrogen) atoms. The highest BCUT2D eigenvalue weighted by atomic mass is 16.5. The fraction of sp³-hybridized carbons (Fsp3) is 0.143. The number of fused-ring (bicyclic) bond motifs is 1. The zero-order valence-electron chi connectivity index (χ0n) is 9.59. The average molecular weight is 227 g/mol. The molecule has 0 aliphatic heterocycles. The Kier molecular flexibility index (Phi) is 3.50. The van der Waals surface area contributed by atoms with Crippen LogP contribution < -0.4 is 0 Å². The third kappa shape index (κ3) is 2.91. The van der Waals surface area contributed by atoms with Crippen LogP contribution in [0.2, 0.25) is 0 Å². The number of carbonyl (C=O) groups excluding carboxylic acids is 1. The second kappa shape index (κ2) is 5.25. The number of benzene rings is 1. The third-order valence-electron chi connectivity index (χ3n) is 2.51. The van der Waals surface area contributed by atoms with Crippen molar-refractivity contribution in [3.63, 3.8) is 0 Å². The molecule has 0 aliphatic carbocycles. The van der Waals surface area contributed by atoms with Gasteiger partial charge in [0.2, 0.25) is 0 Å². The second-order valence-corrected chi connectivity index (χ2v) is 3.69. The van der Waals surface area contributed by atoms with E-state index < -0.39 is 0 Å². The van der Waals surface area contributed by atoms with Crippen LogP contribution in [0.5, 0.6) is 0 Å². The van der Waals surface area contributed by atoms with Crippen molar-refractivity contribution >= 4 is 16.7 Å². The maximum atomic E-state index is 10.9. The van der Waals surface area contributed by atoms with E-state index in [-0.39, 0.29) is 5.97 Å². The number of rotatable bonds is 3. The summed E-state index contributed by atoms with van der Waals surface area (Å²) in [6, 6.07) is 8.15. The normalized spacial score (nSPS) is 10.9. The molecule has 0 unspecified atom stereocenters. The van der Waals surface area contributed by atoms with Crippen LogP contribution >= 0.6 is 0 Å². The number of hydrogen-bond acceptors (Lipinski definition) is 3. The van der Waals surface area contributed by atoms with Crippen LogP contribution in [0.25, 0.3) is 10.8 Å². The lowest BCUT2D eigenvalue weighted by Crippen LogP contribution is -1.94. The molecule has 2 aromatic rings. The van der Waals surface area contributed by atoms with Gasteiger partial charge in [0.1, 0.15) is 0 Å². The molecule has 3 heteroatoms. The molecule has 0 radical (unpaired) electrons. The van der Waals surface area contributed by atoms with Gasteiger partial charge in [0.25, 0.3) is 0 Å². The molecule has 0 fully saturated rings. The molecule has 0 atom stereocenters. The lowest BCUT2D eigenvalue weighted by molar-refractivity contribution is -0.134. The Balaban J connectivity index is 2.14. The zero-order valence-corrected chi connectivity index (χ0v) is 9.59. The highest BCUT2D eigenvalue weighted by Gasteiger charge is 1.96. The summed E-state index contributed by atoms with van der Waals surface area (Å²) in [5.74, 6) is -0.326. The van der Waals surface area contributed by atoms with E-state index >= 15 is 0 Å². The topological polar surface area (TPSA) is 39.2 Å². The maximum Gasteiger partial charge on any atom is 0.330 e. The molecule has 86 valence electrons. The Morgan fingerprint density at radius 3 is 3.06 bits per heavy atom. The minimum atomic E-state index is -0.326. The first-order valence-corrected chi connectivity index (χ1v) is 5.37. The monoisotopic (exact) mass is 227 g/mol. The Hall–Kier alpha value is -2.16. The summed E-state index contributed by atoms with van der Waals surface area (Å²) in [6.07, 6.45) is 7.55. The molecule has 1 aromatic carbocycles. The van der Waals surface area contributed by atoms with Crippen LogP contribution in [-0.2, 0) is 16.0 Å². The number of ether oxygens (including phenoxy) is 1. The number of esters is 1. The van der Waals surface area contributed by atoms with Gasteiger partial charge in [-0.15, -0.1) is 0 Å². The SMILES string of the molecule is COC(=O)/C=C/Cc1ccc2ccncc2c1. The summed E-state index contributed by atoms with van der Waals surface area (Å²) in [5, 5.41) is 2.28. The number of pyridine rings is 1. The molecule has 0 saturated carbocycles. The average Bonchev–Trinajstić information content (AvgIpc) is 2.38. The molecular formula is C14H13NO2. The first-order chi connectivity index (χ1) is 8.29. The van der Waals surface area contributed by atoms with E-state index in [9.17, 15) is 4.79 Å². The standard InChI is InChI=1S/C14H13NO2/c1-17-14(16)4-2-3-11-5-6-12-7-8-15-10-13(12)9-11/h2,4-10H,3H2,1H3/b4-2+. The minimum Gasteiger partial charge on any atom is -0.466 e. The van der Waals surface area contributed by atoms with Gasteiger partial charge in [-0.25, -0.2) is 4.79 Å². The number of allylic oxidation sites excluding steroid dienone is 1. The van der Waals surface area contributed by atoms with Crippen molar-refractivity contribution in [2.75, 3.05) is 7.11 Å². The van der Waals surface area contributed by atoms with E-state index in [4.69, 9.17) is 0 Å². The highest BCUT2D eigenvalue weighted by Crippen LogP contribution is 2.14. The number of carbonyl (C=O) groups is 1. The van der Waals surface area contributed by atoms with Crippen molar-refractivity contribution < 1.29 is 9.53 Å². The van der Waals surface area contributed by atoms with Crippen molar-refractivity contribution in [2.45, 2.75) is 6.42 Å². The fourth-order valence-corrected chi connectivity index (χ4v) is 1.62. The van der Waals surface area contributed by atoms with Crippen LogP contribution in [0.1, 0.15) is 5.56 Å². The van der Waals surface area contributed by atoms with Crippen LogP contribution in [0.15, 0.2) is 48.8 Å². The molecule has 1 heterocycles. The molecular weight excluding hydrogens is 214 g/mol. The second-order valence-electron chi connectivity index (χ2n) is 3.69. The van der Waals surface area contributed by atoms with Crippen LogP contribution in [0.4, 0.5) is 0 Å². The van der Waals surface area contributed by atoms with Crippen molar-refractivity contribution in [2.24, 2.45) is 0 Å². The number of methoxy groups -OCH3 is 1. The van der Waals surface area contributed by atoms with Crippen LogP contribution in [0, 0.1) is 0 Å². The van der Waals surface area contributed by atoms with Gasteiger partial charge in [0.15, 0.2) is 0 Å². The Morgan fingerprint density at radius 2 is 2.24 bits per heavy atom. The molecule has 0 N–H and O–H groups in total. The van der Waals surface area contributed by atoms with Crippen LogP contribution in [0.3, 0.4) is 0 Å². The summed E-state index contributed by atoms with van der Waals surface area (Å²) in [6.45, 7) is 0. The van der Waals surface area contributed by atoms with E-state index in [1.54, 1.807) is 12.3 Å². The van der Waals surface area contributed by atoms with E-state index in [2.05, 4.69) is 21.9 Å². The van der Waals surface area contributed by atoms with Gasteiger partial charge in [0.05, 0.1) is 7.11 Å². The zero-order chi connectivity index (χ0) is 12.1. The van der Waals surface area contributed by atoms with Gasteiger partial charge in [-0.05, 0) is 29.5 Å². The van der Waals surface area contributed by atoms with Crippen molar-refractivity contribution in [3.8, 4) is 0 Å². The van der Waals surface area contributed by atoms with Crippen molar-refractivity contribution in [1.29, 1.82) is 0 Å². The maximum absolute atomic E-state index is 10.9. The summed E-state index contributed by atoms with van der Waals surface area (Å²) in [7, 11) is 1.37. The predicted octanol–water partition coefficient (Wildman–Crippen LogP) is 2.51. The molecule has 0 spiro atoms. The predicted molar refractivity (Wildman–Crippen MR) is 66.6 cm³/mol. The minimum absolute atomic E-state index is 0.326.